The largest absolute Gasteiger partial charge is 0.469 e. The van der Waals surface area contributed by atoms with Gasteiger partial charge < -0.3 is 19.0 Å². The van der Waals surface area contributed by atoms with Crippen LogP contribution in [0.25, 0.3) is 11.0 Å². The number of ether oxygens (including phenoxy) is 1. The highest BCUT2D eigenvalue weighted by atomic mass is 16.5. The number of para-hydroxylation sites is 1. The maximum Gasteiger partial charge on any atom is 0.349 e. The summed E-state index contributed by atoms with van der Waals surface area (Å²) < 4.78 is 10.00. The molecule has 26 heavy (non-hydrogen) atoms. The van der Waals surface area contributed by atoms with E-state index >= 15 is 0 Å². The van der Waals surface area contributed by atoms with Gasteiger partial charge in [-0.3, -0.25) is 9.59 Å². The normalized spacial score (nSPS) is 12.2. The third-order valence-corrected chi connectivity index (χ3v) is 4.07. The lowest BCUT2D eigenvalue weighted by atomic mass is 10.1. The van der Waals surface area contributed by atoms with Gasteiger partial charge in [0.1, 0.15) is 11.1 Å². The molecule has 0 aliphatic heterocycles. The minimum absolute atomic E-state index is 0.0421. The average molecular weight is 360 g/mol. The maximum atomic E-state index is 13.0. The molecule has 0 aliphatic rings. The van der Waals surface area contributed by atoms with Gasteiger partial charge in [0.2, 0.25) is 0 Å². The fraction of sp³-hybridized carbons (Fsp3) is 0.421. The number of amides is 1. The van der Waals surface area contributed by atoms with Crippen molar-refractivity contribution >= 4 is 22.8 Å². The first-order valence-electron chi connectivity index (χ1n) is 8.38. The molecule has 140 valence electrons. The van der Waals surface area contributed by atoms with Crippen LogP contribution in [-0.4, -0.2) is 62.5 Å². The summed E-state index contributed by atoms with van der Waals surface area (Å²) in [6.45, 7) is 2.81. The molecule has 0 saturated heterocycles. The molecule has 7 heteroatoms. The lowest BCUT2D eigenvalue weighted by Gasteiger charge is -2.26. The number of likely N-dealkylation sites (N-methyl/N-ethyl adjacent to an activating group) is 1. The van der Waals surface area contributed by atoms with Crippen molar-refractivity contribution in [1.29, 1.82) is 0 Å². The molecular formula is C19H24N2O5. The lowest BCUT2D eigenvalue weighted by molar-refractivity contribution is -0.145. The highest BCUT2D eigenvalue weighted by Gasteiger charge is 2.25. The molecule has 0 radical (unpaired) electrons. The molecule has 0 aliphatic carbocycles. The van der Waals surface area contributed by atoms with Gasteiger partial charge in [0, 0.05) is 25.0 Å². The van der Waals surface area contributed by atoms with E-state index < -0.39 is 23.4 Å². The molecule has 7 nitrogen and oxygen atoms in total. The summed E-state index contributed by atoms with van der Waals surface area (Å²) in [7, 11) is 5.08. The molecule has 0 fully saturated rings. The van der Waals surface area contributed by atoms with Crippen LogP contribution >= 0.6 is 0 Å². The number of carbonyl (C=O) groups excluding carboxylic acids is 2. The van der Waals surface area contributed by atoms with Crippen LogP contribution in [0, 0.1) is 5.92 Å². The van der Waals surface area contributed by atoms with Gasteiger partial charge in [0.05, 0.1) is 13.0 Å². The summed E-state index contributed by atoms with van der Waals surface area (Å²) >= 11 is 0. The number of esters is 1. The lowest BCUT2D eigenvalue weighted by Crippen LogP contribution is -2.42. The third-order valence-electron chi connectivity index (χ3n) is 4.07. The molecule has 0 N–H and O–H groups in total. The third kappa shape index (κ3) is 4.70. The zero-order chi connectivity index (χ0) is 19.3. The number of hydrogen-bond acceptors (Lipinski definition) is 6. The van der Waals surface area contributed by atoms with E-state index in [4.69, 9.17) is 9.15 Å². The Balaban J connectivity index is 2.33. The summed E-state index contributed by atoms with van der Waals surface area (Å²) in [6.07, 6.45) is 0. The Morgan fingerprint density at radius 3 is 2.54 bits per heavy atom. The second-order valence-corrected chi connectivity index (χ2v) is 6.46. The van der Waals surface area contributed by atoms with Crippen LogP contribution in [0.4, 0.5) is 0 Å². The van der Waals surface area contributed by atoms with Crippen LogP contribution in [-0.2, 0) is 9.53 Å². The minimum Gasteiger partial charge on any atom is -0.469 e. The van der Waals surface area contributed by atoms with Crippen LogP contribution in [0.5, 0.6) is 0 Å². The number of methoxy groups -OCH3 is 1. The molecule has 2 aromatic rings. The van der Waals surface area contributed by atoms with Crippen LogP contribution in [0.15, 0.2) is 39.5 Å². The molecule has 0 bridgehead atoms. The summed E-state index contributed by atoms with van der Waals surface area (Å²) in [5.41, 5.74) is -0.300. The second kappa shape index (κ2) is 8.62. The number of carbonyl (C=O) groups is 2. The maximum absolute atomic E-state index is 13.0. The van der Waals surface area contributed by atoms with Crippen molar-refractivity contribution in [2.75, 3.05) is 40.8 Å². The monoisotopic (exact) mass is 360 g/mol. The average Bonchev–Trinajstić information content (AvgIpc) is 2.62. The Hall–Kier alpha value is -2.67. The molecule has 1 unspecified atom stereocenters. The van der Waals surface area contributed by atoms with Gasteiger partial charge in [-0.1, -0.05) is 25.1 Å². The van der Waals surface area contributed by atoms with Crippen LogP contribution < -0.4 is 5.63 Å². The first kappa shape index (κ1) is 19.7. The van der Waals surface area contributed by atoms with Crippen molar-refractivity contribution < 1.29 is 18.7 Å². The van der Waals surface area contributed by atoms with E-state index in [1.54, 1.807) is 31.2 Å². The predicted octanol–water partition coefficient (Wildman–Crippen LogP) is 1.61. The van der Waals surface area contributed by atoms with E-state index in [9.17, 15) is 14.4 Å². The van der Waals surface area contributed by atoms with E-state index in [1.807, 2.05) is 19.0 Å². The van der Waals surface area contributed by atoms with Crippen LogP contribution in [0.3, 0.4) is 0 Å². The van der Waals surface area contributed by atoms with E-state index in [0.717, 1.165) is 0 Å². The molecule has 1 aromatic carbocycles. The summed E-state index contributed by atoms with van der Waals surface area (Å²) in [6, 6.07) is 8.55. The molecular weight excluding hydrogens is 336 g/mol. The molecule has 0 spiro atoms. The summed E-state index contributed by atoms with van der Waals surface area (Å²) in [5, 5.41) is 0.670. The quantitative estimate of drug-likeness (QED) is 0.551. The van der Waals surface area contributed by atoms with Gasteiger partial charge in [-0.2, -0.15) is 0 Å². The van der Waals surface area contributed by atoms with Gasteiger partial charge in [0.25, 0.3) is 5.91 Å². The van der Waals surface area contributed by atoms with Crippen molar-refractivity contribution in [2.45, 2.75) is 6.92 Å². The van der Waals surface area contributed by atoms with E-state index in [0.29, 0.717) is 24.1 Å². The zero-order valence-corrected chi connectivity index (χ0v) is 15.5. The Morgan fingerprint density at radius 2 is 1.88 bits per heavy atom. The highest BCUT2D eigenvalue weighted by molar-refractivity contribution is 5.96. The minimum atomic E-state index is -0.686. The van der Waals surface area contributed by atoms with Crippen molar-refractivity contribution in [3.8, 4) is 0 Å². The van der Waals surface area contributed by atoms with Gasteiger partial charge in [-0.05, 0) is 26.2 Å². The summed E-state index contributed by atoms with van der Waals surface area (Å²) in [4.78, 5) is 40.4. The Bertz CT molecular complexity index is 843. The molecule has 1 atom stereocenters. The number of rotatable bonds is 7. The van der Waals surface area contributed by atoms with E-state index in [1.165, 1.54) is 18.1 Å². The number of fused-ring (bicyclic) bond motifs is 1. The Morgan fingerprint density at radius 1 is 1.19 bits per heavy atom. The zero-order valence-electron chi connectivity index (χ0n) is 15.5. The van der Waals surface area contributed by atoms with E-state index in [-0.39, 0.29) is 12.1 Å². The molecule has 1 aromatic heterocycles. The van der Waals surface area contributed by atoms with Gasteiger partial charge >= 0.3 is 11.6 Å². The van der Waals surface area contributed by atoms with Crippen molar-refractivity contribution in [1.82, 2.24) is 9.80 Å². The Kier molecular flexibility index (Phi) is 6.52. The van der Waals surface area contributed by atoms with Gasteiger partial charge in [-0.15, -0.1) is 0 Å². The van der Waals surface area contributed by atoms with Crippen LogP contribution in [0.1, 0.15) is 17.3 Å². The number of hydrogen-bond donors (Lipinski definition) is 0. The predicted molar refractivity (Wildman–Crippen MR) is 98.1 cm³/mol. The fourth-order valence-electron chi connectivity index (χ4n) is 2.58. The highest BCUT2D eigenvalue weighted by Crippen LogP contribution is 2.14. The van der Waals surface area contributed by atoms with Crippen molar-refractivity contribution in [3.63, 3.8) is 0 Å². The first-order valence-corrected chi connectivity index (χ1v) is 8.38. The van der Waals surface area contributed by atoms with Gasteiger partial charge in [-0.25, -0.2) is 4.79 Å². The van der Waals surface area contributed by atoms with Crippen LogP contribution in [0.2, 0.25) is 0 Å². The molecule has 0 saturated carbocycles. The smallest absolute Gasteiger partial charge is 0.349 e. The second-order valence-electron chi connectivity index (χ2n) is 6.46. The standard InChI is InChI=1S/C19H24N2O5/c1-13(18(23)25-4)12-21(10-9-20(2)3)17(22)15-11-14-7-5-6-8-16(14)26-19(15)24/h5-8,11,13H,9-10,12H2,1-4H3. The van der Waals surface area contributed by atoms with Crippen molar-refractivity contribution in [3.05, 3.63) is 46.3 Å². The number of benzene rings is 1. The molecule has 1 amide bonds. The summed E-state index contributed by atoms with van der Waals surface area (Å²) in [5.74, 6) is -1.36. The molecule has 2 rings (SSSR count). The topological polar surface area (TPSA) is 80.1 Å². The molecule has 1 heterocycles. The number of nitrogens with zero attached hydrogens (tertiary/aromatic N) is 2. The Labute approximate surface area is 152 Å². The SMILES string of the molecule is COC(=O)C(C)CN(CCN(C)C)C(=O)c1cc2ccccc2oc1=O. The van der Waals surface area contributed by atoms with E-state index in [2.05, 4.69) is 0 Å². The fourth-order valence-corrected chi connectivity index (χ4v) is 2.58. The van der Waals surface area contributed by atoms with Gasteiger partial charge in [0.15, 0.2) is 0 Å². The van der Waals surface area contributed by atoms with Crippen molar-refractivity contribution in [2.24, 2.45) is 5.92 Å². The first-order chi connectivity index (χ1) is 12.3.